The molecular formula is C20H25NO3. The standard InChI is InChI=1S/C20H25NO3/c1-13-9-10-18(22)17(11-13)21-19(23)14(2)24-16-8-6-7-15(12-16)20(3,4)5/h6-12,14,22H,1-5H3,(H,21,23). The molecule has 0 spiro atoms. The van der Waals surface area contributed by atoms with Crippen LogP contribution >= 0.6 is 0 Å². The lowest BCUT2D eigenvalue weighted by molar-refractivity contribution is -0.122. The van der Waals surface area contributed by atoms with Crippen LogP contribution in [0.2, 0.25) is 0 Å². The van der Waals surface area contributed by atoms with Gasteiger partial charge in [0.25, 0.3) is 5.91 Å². The van der Waals surface area contributed by atoms with Crippen LogP contribution in [0.15, 0.2) is 42.5 Å². The Kier molecular flexibility index (Phi) is 5.17. The molecule has 0 saturated heterocycles. The summed E-state index contributed by atoms with van der Waals surface area (Å²) in [6.07, 6.45) is -0.680. The maximum absolute atomic E-state index is 12.3. The maximum atomic E-state index is 12.3. The number of amides is 1. The van der Waals surface area contributed by atoms with Gasteiger partial charge in [-0.05, 0) is 54.7 Å². The number of aryl methyl sites for hydroxylation is 1. The van der Waals surface area contributed by atoms with Gasteiger partial charge in [0.1, 0.15) is 11.5 Å². The van der Waals surface area contributed by atoms with Gasteiger partial charge >= 0.3 is 0 Å². The first-order valence-electron chi connectivity index (χ1n) is 8.04. The fourth-order valence-corrected chi connectivity index (χ4v) is 2.28. The van der Waals surface area contributed by atoms with Crippen molar-refractivity contribution in [3.05, 3.63) is 53.6 Å². The van der Waals surface area contributed by atoms with Gasteiger partial charge in [0.05, 0.1) is 5.69 Å². The molecule has 2 aromatic rings. The van der Waals surface area contributed by atoms with Crippen LogP contribution in [-0.4, -0.2) is 17.1 Å². The van der Waals surface area contributed by atoms with E-state index in [0.717, 1.165) is 11.1 Å². The van der Waals surface area contributed by atoms with Crippen molar-refractivity contribution < 1.29 is 14.6 Å². The van der Waals surface area contributed by atoms with Crippen LogP contribution < -0.4 is 10.1 Å². The molecule has 0 fully saturated rings. The second kappa shape index (κ2) is 6.95. The van der Waals surface area contributed by atoms with Gasteiger partial charge in [-0.15, -0.1) is 0 Å². The highest BCUT2D eigenvalue weighted by molar-refractivity contribution is 5.95. The van der Waals surface area contributed by atoms with Crippen molar-refractivity contribution in [3.8, 4) is 11.5 Å². The van der Waals surface area contributed by atoms with Crippen LogP contribution in [0.3, 0.4) is 0 Å². The number of hydrogen-bond acceptors (Lipinski definition) is 3. The molecule has 0 bridgehead atoms. The average molecular weight is 327 g/mol. The summed E-state index contributed by atoms with van der Waals surface area (Å²) in [5, 5.41) is 12.5. The molecule has 0 aliphatic rings. The molecule has 2 aromatic carbocycles. The van der Waals surface area contributed by atoms with E-state index < -0.39 is 6.10 Å². The van der Waals surface area contributed by atoms with Gasteiger partial charge in [0, 0.05) is 0 Å². The highest BCUT2D eigenvalue weighted by Gasteiger charge is 2.18. The molecule has 4 nitrogen and oxygen atoms in total. The lowest BCUT2D eigenvalue weighted by Crippen LogP contribution is -2.30. The molecular weight excluding hydrogens is 302 g/mol. The summed E-state index contributed by atoms with van der Waals surface area (Å²) in [6.45, 7) is 9.97. The lowest BCUT2D eigenvalue weighted by Gasteiger charge is -2.21. The summed E-state index contributed by atoms with van der Waals surface area (Å²) in [4.78, 5) is 12.3. The number of carbonyl (C=O) groups is 1. The second-order valence-electron chi connectivity index (χ2n) is 7.05. The number of carbonyl (C=O) groups excluding carboxylic acids is 1. The van der Waals surface area contributed by atoms with Crippen LogP contribution in [0.25, 0.3) is 0 Å². The highest BCUT2D eigenvalue weighted by atomic mass is 16.5. The summed E-state index contributed by atoms with van der Waals surface area (Å²) >= 11 is 0. The molecule has 0 aromatic heterocycles. The van der Waals surface area contributed by atoms with Gasteiger partial charge in [-0.25, -0.2) is 0 Å². The molecule has 0 aliphatic heterocycles. The van der Waals surface area contributed by atoms with Gasteiger partial charge < -0.3 is 15.2 Å². The number of rotatable bonds is 4. The number of benzene rings is 2. The van der Waals surface area contributed by atoms with E-state index in [-0.39, 0.29) is 17.1 Å². The summed E-state index contributed by atoms with van der Waals surface area (Å²) in [5.41, 5.74) is 2.50. The Labute approximate surface area is 143 Å². The van der Waals surface area contributed by atoms with E-state index in [1.165, 1.54) is 0 Å². The Morgan fingerprint density at radius 1 is 1.17 bits per heavy atom. The predicted molar refractivity (Wildman–Crippen MR) is 96.7 cm³/mol. The van der Waals surface area contributed by atoms with E-state index >= 15 is 0 Å². The van der Waals surface area contributed by atoms with Crippen LogP contribution in [-0.2, 0) is 10.2 Å². The van der Waals surface area contributed by atoms with Crippen molar-refractivity contribution >= 4 is 11.6 Å². The topological polar surface area (TPSA) is 58.6 Å². The van der Waals surface area contributed by atoms with E-state index in [1.807, 2.05) is 31.2 Å². The molecule has 128 valence electrons. The van der Waals surface area contributed by atoms with Crippen molar-refractivity contribution in [1.82, 2.24) is 0 Å². The molecule has 0 radical (unpaired) electrons. The zero-order chi connectivity index (χ0) is 17.9. The number of phenolic OH excluding ortho intramolecular Hbond substituents is 1. The monoisotopic (exact) mass is 327 g/mol. The Bertz CT molecular complexity index is 732. The van der Waals surface area contributed by atoms with Crippen molar-refractivity contribution in [2.75, 3.05) is 5.32 Å². The quantitative estimate of drug-likeness (QED) is 0.818. The predicted octanol–water partition coefficient (Wildman–Crippen LogP) is 4.40. The van der Waals surface area contributed by atoms with E-state index in [2.05, 4.69) is 26.1 Å². The molecule has 0 saturated carbocycles. The highest BCUT2D eigenvalue weighted by Crippen LogP contribution is 2.27. The normalized spacial score (nSPS) is 12.5. The van der Waals surface area contributed by atoms with E-state index in [1.54, 1.807) is 25.1 Å². The minimum Gasteiger partial charge on any atom is -0.506 e. The second-order valence-corrected chi connectivity index (χ2v) is 7.05. The largest absolute Gasteiger partial charge is 0.506 e. The maximum Gasteiger partial charge on any atom is 0.265 e. The van der Waals surface area contributed by atoms with E-state index in [0.29, 0.717) is 11.4 Å². The Morgan fingerprint density at radius 3 is 2.54 bits per heavy atom. The van der Waals surface area contributed by atoms with Gasteiger partial charge in [-0.1, -0.05) is 39.0 Å². The van der Waals surface area contributed by atoms with Gasteiger partial charge in [-0.3, -0.25) is 4.79 Å². The van der Waals surface area contributed by atoms with Crippen LogP contribution in [0, 0.1) is 6.92 Å². The minimum absolute atomic E-state index is 0.0121. The number of ether oxygens (including phenoxy) is 1. The van der Waals surface area contributed by atoms with Crippen molar-refractivity contribution in [2.45, 2.75) is 46.1 Å². The number of anilines is 1. The Balaban J connectivity index is 2.08. The summed E-state index contributed by atoms with van der Waals surface area (Å²) < 4.78 is 5.76. The third kappa shape index (κ3) is 4.51. The van der Waals surface area contributed by atoms with Gasteiger partial charge in [0.2, 0.25) is 0 Å². The van der Waals surface area contributed by atoms with Crippen molar-refractivity contribution in [2.24, 2.45) is 0 Å². The van der Waals surface area contributed by atoms with Gasteiger partial charge in [-0.2, -0.15) is 0 Å². The van der Waals surface area contributed by atoms with E-state index in [4.69, 9.17) is 4.74 Å². The van der Waals surface area contributed by atoms with Crippen LogP contribution in [0.5, 0.6) is 11.5 Å². The number of aromatic hydroxyl groups is 1. The van der Waals surface area contributed by atoms with E-state index in [9.17, 15) is 9.90 Å². The number of phenols is 1. The van der Waals surface area contributed by atoms with Gasteiger partial charge in [0.15, 0.2) is 6.10 Å². The minimum atomic E-state index is -0.680. The number of nitrogens with one attached hydrogen (secondary N) is 1. The fourth-order valence-electron chi connectivity index (χ4n) is 2.28. The SMILES string of the molecule is Cc1ccc(O)c(NC(=O)C(C)Oc2cccc(C(C)(C)C)c2)c1. The Hall–Kier alpha value is -2.49. The lowest BCUT2D eigenvalue weighted by atomic mass is 9.87. The number of hydrogen-bond donors (Lipinski definition) is 2. The molecule has 0 heterocycles. The average Bonchev–Trinajstić information content (AvgIpc) is 2.50. The third-order valence-electron chi connectivity index (χ3n) is 3.79. The van der Waals surface area contributed by atoms with Crippen molar-refractivity contribution in [3.63, 3.8) is 0 Å². The molecule has 1 unspecified atom stereocenters. The summed E-state index contributed by atoms with van der Waals surface area (Å²) in [5.74, 6) is 0.381. The summed E-state index contributed by atoms with van der Waals surface area (Å²) in [6, 6.07) is 12.8. The molecule has 24 heavy (non-hydrogen) atoms. The zero-order valence-corrected chi connectivity index (χ0v) is 14.9. The molecule has 2 rings (SSSR count). The molecule has 0 aliphatic carbocycles. The Morgan fingerprint density at radius 2 is 1.88 bits per heavy atom. The van der Waals surface area contributed by atoms with Crippen LogP contribution in [0.4, 0.5) is 5.69 Å². The summed E-state index contributed by atoms with van der Waals surface area (Å²) in [7, 11) is 0. The third-order valence-corrected chi connectivity index (χ3v) is 3.79. The first-order chi connectivity index (χ1) is 11.2. The first-order valence-corrected chi connectivity index (χ1v) is 8.04. The smallest absolute Gasteiger partial charge is 0.265 e. The van der Waals surface area contributed by atoms with Crippen molar-refractivity contribution in [1.29, 1.82) is 0 Å². The fraction of sp³-hybridized carbons (Fsp3) is 0.350. The molecule has 1 amide bonds. The molecule has 2 N–H and O–H groups in total. The van der Waals surface area contributed by atoms with Crippen LogP contribution in [0.1, 0.15) is 38.8 Å². The molecule has 4 heteroatoms. The first kappa shape index (κ1) is 17.9. The molecule has 1 atom stereocenters. The zero-order valence-electron chi connectivity index (χ0n) is 14.9.